The van der Waals surface area contributed by atoms with Crippen molar-refractivity contribution in [1.29, 1.82) is 0 Å². The second-order valence-electron chi connectivity index (χ2n) is 5.47. The lowest BCUT2D eigenvalue weighted by Gasteiger charge is -2.28. The standard InChI is InChI=1S/C13H28N2O2/c1-11(2)17-10-13(16)9-15(3)8-12-5-4-6-14-7-12/h11-14,16H,4-10H2,1-3H3. The summed E-state index contributed by atoms with van der Waals surface area (Å²) in [7, 11) is 2.08. The van der Waals surface area contributed by atoms with Gasteiger partial charge in [0.15, 0.2) is 0 Å². The lowest BCUT2D eigenvalue weighted by Crippen LogP contribution is -2.40. The van der Waals surface area contributed by atoms with Gasteiger partial charge in [0.2, 0.25) is 0 Å². The Balaban J connectivity index is 2.12. The first kappa shape index (κ1) is 14.9. The molecule has 2 atom stereocenters. The fourth-order valence-electron chi connectivity index (χ4n) is 2.31. The smallest absolute Gasteiger partial charge is 0.0900 e. The van der Waals surface area contributed by atoms with Crippen LogP contribution in [0.1, 0.15) is 26.7 Å². The van der Waals surface area contributed by atoms with Crippen LogP contribution in [0, 0.1) is 5.92 Å². The first-order chi connectivity index (χ1) is 8.08. The van der Waals surface area contributed by atoms with Crippen molar-refractivity contribution in [1.82, 2.24) is 10.2 Å². The van der Waals surface area contributed by atoms with E-state index >= 15 is 0 Å². The van der Waals surface area contributed by atoms with Gasteiger partial charge >= 0.3 is 0 Å². The summed E-state index contributed by atoms with van der Waals surface area (Å²) >= 11 is 0. The van der Waals surface area contributed by atoms with E-state index in [4.69, 9.17) is 4.74 Å². The summed E-state index contributed by atoms with van der Waals surface area (Å²) in [6, 6.07) is 0. The lowest BCUT2D eigenvalue weighted by atomic mass is 9.99. The van der Waals surface area contributed by atoms with Crippen molar-refractivity contribution in [3.8, 4) is 0 Å². The molecule has 1 saturated heterocycles. The van der Waals surface area contributed by atoms with Crippen LogP contribution in [0.5, 0.6) is 0 Å². The van der Waals surface area contributed by atoms with Crippen LogP contribution in [0.2, 0.25) is 0 Å². The summed E-state index contributed by atoms with van der Waals surface area (Å²) in [5.74, 6) is 0.729. The number of rotatable bonds is 7. The quantitative estimate of drug-likeness (QED) is 0.692. The van der Waals surface area contributed by atoms with E-state index in [9.17, 15) is 5.11 Å². The van der Waals surface area contributed by atoms with E-state index in [0.717, 1.165) is 25.6 Å². The largest absolute Gasteiger partial charge is 0.389 e. The molecule has 0 saturated carbocycles. The van der Waals surface area contributed by atoms with Gasteiger partial charge in [0.25, 0.3) is 0 Å². The fraction of sp³-hybridized carbons (Fsp3) is 1.00. The fourth-order valence-corrected chi connectivity index (χ4v) is 2.31. The number of ether oxygens (including phenoxy) is 1. The first-order valence-corrected chi connectivity index (χ1v) is 6.77. The Labute approximate surface area is 105 Å². The van der Waals surface area contributed by atoms with E-state index in [1.165, 1.54) is 12.8 Å². The molecule has 0 aromatic rings. The number of nitrogens with one attached hydrogen (secondary N) is 1. The van der Waals surface area contributed by atoms with Crippen molar-refractivity contribution in [3.05, 3.63) is 0 Å². The van der Waals surface area contributed by atoms with Gasteiger partial charge in [-0.3, -0.25) is 0 Å². The summed E-state index contributed by atoms with van der Waals surface area (Å²) in [6.07, 6.45) is 2.39. The van der Waals surface area contributed by atoms with Crippen LogP contribution in [0.4, 0.5) is 0 Å². The molecule has 1 rings (SSSR count). The van der Waals surface area contributed by atoms with Crippen molar-refractivity contribution in [2.45, 2.75) is 38.9 Å². The van der Waals surface area contributed by atoms with Crippen LogP contribution in [0.15, 0.2) is 0 Å². The zero-order valence-corrected chi connectivity index (χ0v) is 11.5. The number of piperidine rings is 1. The second-order valence-corrected chi connectivity index (χ2v) is 5.47. The first-order valence-electron chi connectivity index (χ1n) is 6.77. The molecule has 2 unspecified atom stereocenters. The molecule has 2 N–H and O–H groups in total. The average Bonchev–Trinajstić information content (AvgIpc) is 2.27. The number of aliphatic hydroxyl groups excluding tert-OH is 1. The molecular formula is C13H28N2O2. The Morgan fingerprint density at radius 1 is 1.47 bits per heavy atom. The van der Waals surface area contributed by atoms with Crippen LogP contribution in [-0.4, -0.2) is 62.0 Å². The molecule has 0 aromatic carbocycles. The Morgan fingerprint density at radius 2 is 2.24 bits per heavy atom. The van der Waals surface area contributed by atoms with Crippen LogP contribution < -0.4 is 5.32 Å². The van der Waals surface area contributed by atoms with Crippen molar-refractivity contribution < 1.29 is 9.84 Å². The molecular weight excluding hydrogens is 216 g/mol. The second kappa shape index (κ2) is 8.03. The zero-order chi connectivity index (χ0) is 12.7. The summed E-state index contributed by atoms with van der Waals surface area (Å²) in [6.45, 7) is 8.45. The minimum Gasteiger partial charge on any atom is -0.389 e. The van der Waals surface area contributed by atoms with E-state index < -0.39 is 0 Å². The SMILES string of the molecule is CC(C)OCC(O)CN(C)CC1CCCNC1. The Bertz CT molecular complexity index is 194. The van der Waals surface area contributed by atoms with Gasteiger partial charge in [0, 0.05) is 13.1 Å². The Hall–Kier alpha value is -0.160. The van der Waals surface area contributed by atoms with E-state index in [1.807, 2.05) is 13.8 Å². The predicted molar refractivity (Wildman–Crippen MR) is 70.2 cm³/mol. The third-order valence-electron chi connectivity index (χ3n) is 3.11. The van der Waals surface area contributed by atoms with E-state index in [2.05, 4.69) is 17.3 Å². The van der Waals surface area contributed by atoms with Crippen molar-refractivity contribution in [3.63, 3.8) is 0 Å². The maximum atomic E-state index is 9.82. The number of likely N-dealkylation sites (N-methyl/N-ethyl adjacent to an activating group) is 1. The molecule has 0 aliphatic carbocycles. The minimum atomic E-state index is -0.376. The lowest BCUT2D eigenvalue weighted by molar-refractivity contribution is -0.00722. The molecule has 1 aliphatic rings. The van der Waals surface area contributed by atoms with Gasteiger partial charge in [-0.05, 0) is 52.7 Å². The van der Waals surface area contributed by atoms with Crippen LogP contribution >= 0.6 is 0 Å². The van der Waals surface area contributed by atoms with Crippen LogP contribution in [0.25, 0.3) is 0 Å². The number of hydrogen-bond donors (Lipinski definition) is 2. The molecule has 1 fully saturated rings. The van der Waals surface area contributed by atoms with Gasteiger partial charge in [-0.15, -0.1) is 0 Å². The number of nitrogens with zero attached hydrogens (tertiary/aromatic N) is 1. The molecule has 4 nitrogen and oxygen atoms in total. The predicted octanol–water partition coefficient (Wildman–Crippen LogP) is 0.704. The van der Waals surface area contributed by atoms with Gasteiger partial charge in [0.05, 0.1) is 18.8 Å². The molecule has 4 heteroatoms. The highest BCUT2D eigenvalue weighted by atomic mass is 16.5. The number of aliphatic hydroxyl groups is 1. The third kappa shape index (κ3) is 6.99. The highest BCUT2D eigenvalue weighted by molar-refractivity contribution is 4.73. The molecule has 0 amide bonds. The number of hydrogen-bond acceptors (Lipinski definition) is 4. The Morgan fingerprint density at radius 3 is 2.82 bits per heavy atom. The van der Waals surface area contributed by atoms with Crippen molar-refractivity contribution in [2.24, 2.45) is 5.92 Å². The van der Waals surface area contributed by atoms with Crippen molar-refractivity contribution >= 4 is 0 Å². The molecule has 1 heterocycles. The van der Waals surface area contributed by atoms with E-state index in [1.54, 1.807) is 0 Å². The minimum absolute atomic E-state index is 0.192. The van der Waals surface area contributed by atoms with Gasteiger partial charge in [-0.1, -0.05) is 0 Å². The normalized spacial score (nSPS) is 23.3. The zero-order valence-electron chi connectivity index (χ0n) is 11.5. The monoisotopic (exact) mass is 244 g/mol. The van der Waals surface area contributed by atoms with Gasteiger partial charge in [-0.2, -0.15) is 0 Å². The highest BCUT2D eigenvalue weighted by Gasteiger charge is 2.16. The molecule has 0 aromatic heterocycles. The highest BCUT2D eigenvalue weighted by Crippen LogP contribution is 2.11. The third-order valence-corrected chi connectivity index (χ3v) is 3.11. The van der Waals surface area contributed by atoms with Crippen LogP contribution in [0.3, 0.4) is 0 Å². The molecule has 1 aliphatic heterocycles. The molecule has 102 valence electrons. The van der Waals surface area contributed by atoms with E-state index in [0.29, 0.717) is 13.2 Å². The van der Waals surface area contributed by atoms with Crippen LogP contribution in [-0.2, 0) is 4.74 Å². The molecule has 17 heavy (non-hydrogen) atoms. The average molecular weight is 244 g/mol. The van der Waals surface area contributed by atoms with E-state index in [-0.39, 0.29) is 12.2 Å². The maximum Gasteiger partial charge on any atom is 0.0900 e. The molecule has 0 radical (unpaired) electrons. The summed E-state index contributed by atoms with van der Waals surface area (Å²) in [5, 5.41) is 13.2. The van der Waals surface area contributed by atoms with Gasteiger partial charge in [0.1, 0.15) is 0 Å². The topological polar surface area (TPSA) is 44.7 Å². The van der Waals surface area contributed by atoms with Gasteiger partial charge in [-0.25, -0.2) is 0 Å². The maximum absolute atomic E-state index is 9.82. The molecule has 0 bridgehead atoms. The van der Waals surface area contributed by atoms with Crippen molar-refractivity contribution in [2.75, 3.05) is 39.8 Å². The summed E-state index contributed by atoms with van der Waals surface area (Å²) in [4.78, 5) is 2.21. The Kier molecular flexibility index (Phi) is 7.04. The summed E-state index contributed by atoms with van der Waals surface area (Å²) < 4.78 is 5.41. The van der Waals surface area contributed by atoms with Gasteiger partial charge < -0.3 is 20.1 Å². The summed E-state index contributed by atoms with van der Waals surface area (Å²) in [5.41, 5.74) is 0. The molecule has 0 spiro atoms.